The van der Waals surface area contributed by atoms with Crippen molar-refractivity contribution >= 4 is 5.97 Å². The summed E-state index contributed by atoms with van der Waals surface area (Å²) in [5.41, 5.74) is 0. The molecule has 3 unspecified atom stereocenters. The molecule has 1 aliphatic heterocycles. The van der Waals surface area contributed by atoms with Crippen LogP contribution < -0.4 is 5.32 Å². The fourth-order valence-corrected chi connectivity index (χ4v) is 2.74. The lowest BCUT2D eigenvalue weighted by Gasteiger charge is -2.38. The van der Waals surface area contributed by atoms with Crippen LogP contribution in [0.3, 0.4) is 0 Å². The summed E-state index contributed by atoms with van der Waals surface area (Å²) in [5, 5.41) is 3.41. The van der Waals surface area contributed by atoms with Gasteiger partial charge in [-0.2, -0.15) is 0 Å². The van der Waals surface area contributed by atoms with Crippen LogP contribution in [-0.4, -0.2) is 49.2 Å². The number of nitrogens with zero attached hydrogens (tertiary/aromatic N) is 1. The molecule has 0 spiro atoms. The number of carbonyl (C=O) groups is 1. The minimum Gasteiger partial charge on any atom is -0.468 e. The molecule has 3 atom stereocenters. The first kappa shape index (κ1) is 13.8. The van der Waals surface area contributed by atoms with E-state index in [0.717, 1.165) is 19.0 Å². The molecule has 2 aliphatic rings. The SMILES string of the molecule is COC(=O)C(CN1CC(C)CCC1C)NC1CC1. The summed E-state index contributed by atoms with van der Waals surface area (Å²) in [6.45, 7) is 6.44. The van der Waals surface area contributed by atoms with E-state index >= 15 is 0 Å². The van der Waals surface area contributed by atoms with Gasteiger partial charge in [-0.3, -0.25) is 9.69 Å². The van der Waals surface area contributed by atoms with Crippen LogP contribution in [0, 0.1) is 5.92 Å². The first-order valence-electron chi connectivity index (χ1n) is 7.18. The van der Waals surface area contributed by atoms with E-state index in [2.05, 4.69) is 24.1 Å². The normalized spacial score (nSPS) is 31.1. The monoisotopic (exact) mass is 254 g/mol. The number of hydrogen-bond donors (Lipinski definition) is 1. The van der Waals surface area contributed by atoms with E-state index in [1.807, 2.05) is 0 Å². The van der Waals surface area contributed by atoms with E-state index in [9.17, 15) is 4.79 Å². The van der Waals surface area contributed by atoms with Crippen LogP contribution in [0.15, 0.2) is 0 Å². The summed E-state index contributed by atoms with van der Waals surface area (Å²) in [6, 6.07) is 0.955. The smallest absolute Gasteiger partial charge is 0.324 e. The predicted octanol–water partition coefficient (Wildman–Crippen LogP) is 1.40. The molecular formula is C14H26N2O2. The Morgan fingerprint density at radius 1 is 1.33 bits per heavy atom. The molecule has 1 saturated heterocycles. The summed E-state index contributed by atoms with van der Waals surface area (Å²) >= 11 is 0. The fourth-order valence-electron chi connectivity index (χ4n) is 2.74. The van der Waals surface area contributed by atoms with E-state index in [1.54, 1.807) is 0 Å². The van der Waals surface area contributed by atoms with Crippen molar-refractivity contribution in [3.8, 4) is 0 Å². The van der Waals surface area contributed by atoms with Crippen LogP contribution >= 0.6 is 0 Å². The molecule has 0 aromatic rings. The third-order valence-corrected chi connectivity index (χ3v) is 4.16. The number of ether oxygens (including phenoxy) is 1. The Labute approximate surface area is 110 Å². The topological polar surface area (TPSA) is 41.6 Å². The highest BCUT2D eigenvalue weighted by Gasteiger charge is 2.32. The Balaban J connectivity index is 1.91. The number of esters is 1. The second kappa shape index (κ2) is 6.02. The van der Waals surface area contributed by atoms with Gasteiger partial charge in [0.25, 0.3) is 0 Å². The van der Waals surface area contributed by atoms with Crippen LogP contribution in [0.2, 0.25) is 0 Å². The van der Waals surface area contributed by atoms with Crippen molar-refractivity contribution < 1.29 is 9.53 Å². The Kier molecular flexibility index (Phi) is 4.62. The van der Waals surface area contributed by atoms with Gasteiger partial charge < -0.3 is 10.1 Å². The fraction of sp³-hybridized carbons (Fsp3) is 0.929. The summed E-state index contributed by atoms with van der Waals surface area (Å²) in [7, 11) is 1.48. The van der Waals surface area contributed by atoms with Crippen molar-refractivity contribution in [3.63, 3.8) is 0 Å². The molecule has 2 rings (SSSR count). The molecule has 104 valence electrons. The van der Waals surface area contributed by atoms with E-state index in [-0.39, 0.29) is 12.0 Å². The standard InChI is InChI=1S/C14H26N2O2/c1-10-4-5-11(2)16(8-10)9-13(14(17)18-3)15-12-6-7-12/h10-13,15H,4-9H2,1-3H3. The van der Waals surface area contributed by atoms with Crippen molar-refractivity contribution in [1.29, 1.82) is 0 Å². The zero-order valence-corrected chi connectivity index (χ0v) is 11.8. The van der Waals surface area contributed by atoms with Crippen molar-refractivity contribution in [3.05, 3.63) is 0 Å². The van der Waals surface area contributed by atoms with E-state index in [4.69, 9.17) is 4.74 Å². The zero-order chi connectivity index (χ0) is 13.1. The van der Waals surface area contributed by atoms with Gasteiger partial charge in [0.15, 0.2) is 0 Å². The Hall–Kier alpha value is -0.610. The van der Waals surface area contributed by atoms with E-state index in [1.165, 1.54) is 32.8 Å². The maximum Gasteiger partial charge on any atom is 0.324 e. The van der Waals surface area contributed by atoms with Crippen molar-refractivity contribution in [2.75, 3.05) is 20.2 Å². The van der Waals surface area contributed by atoms with Gasteiger partial charge in [0.2, 0.25) is 0 Å². The second-order valence-corrected chi connectivity index (χ2v) is 6.00. The van der Waals surface area contributed by atoms with Gasteiger partial charge in [-0.15, -0.1) is 0 Å². The number of carbonyl (C=O) groups excluding carboxylic acids is 1. The van der Waals surface area contributed by atoms with Gasteiger partial charge in [0, 0.05) is 25.2 Å². The first-order chi connectivity index (χ1) is 8.60. The number of rotatable bonds is 5. The van der Waals surface area contributed by atoms with E-state index < -0.39 is 0 Å². The number of methoxy groups -OCH3 is 1. The molecule has 1 N–H and O–H groups in total. The molecule has 1 aliphatic carbocycles. The molecule has 4 heteroatoms. The molecule has 1 heterocycles. The zero-order valence-electron chi connectivity index (χ0n) is 11.8. The third-order valence-electron chi connectivity index (χ3n) is 4.16. The van der Waals surface area contributed by atoms with Gasteiger partial charge in [0.05, 0.1) is 7.11 Å². The van der Waals surface area contributed by atoms with Crippen molar-refractivity contribution in [2.24, 2.45) is 5.92 Å². The Morgan fingerprint density at radius 3 is 2.67 bits per heavy atom. The van der Waals surface area contributed by atoms with E-state index in [0.29, 0.717) is 12.1 Å². The number of likely N-dealkylation sites (tertiary alicyclic amines) is 1. The molecule has 0 bridgehead atoms. The molecule has 0 aromatic heterocycles. The minimum absolute atomic E-state index is 0.118. The molecule has 0 aromatic carbocycles. The average molecular weight is 254 g/mol. The maximum atomic E-state index is 11.8. The predicted molar refractivity (Wildman–Crippen MR) is 71.4 cm³/mol. The summed E-state index contributed by atoms with van der Waals surface area (Å²) in [6.07, 6.45) is 4.92. The average Bonchev–Trinajstić information content (AvgIpc) is 3.16. The third kappa shape index (κ3) is 3.69. The summed E-state index contributed by atoms with van der Waals surface area (Å²) in [5.74, 6) is 0.618. The largest absolute Gasteiger partial charge is 0.468 e. The minimum atomic E-state index is -0.157. The van der Waals surface area contributed by atoms with Crippen LogP contribution in [0.1, 0.15) is 39.5 Å². The Morgan fingerprint density at radius 2 is 2.06 bits per heavy atom. The molecule has 0 amide bonds. The van der Waals surface area contributed by atoms with Gasteiger partial charge in [-0.05, 0) is 38.5 Å². The molecule has 1 saturated carbocycles. The highest BCUT2D eigenvalue weighted by Crippen LogP contribution is 2.23. The highest BCUT2D eigenvalue weighted by atomic mass is 16.5. The quantitative estimate of drug-likeness (QED) is 0.753. The van der Waals surface area contributed by atoms with Crippen molar-refractivity contribution in [2.45, 2.75) is 57.7 Å². The number of hydrogen-bond acceptors (Lipinski definition) is 4. The van der Waals surface area contributed by atoms with Crippen LogP contribution in [-0.2, 0) is 9.53 Å². The van der Waals surface area contributed by atoms with Gasteiger partial charge in [0.1, 0.15) is 6.04 Å². The molecular weight excluding hydrogens is 228 g/mol. The lowest BCUT2D eigenvalue weighted by molar-refractivity contribution is -0.144. The highest BCUT2D eigenvalue weighted by molar-refractivity contribution is 5.76. The van der Waals surface area contributed by atoms with Crippen LogP contribution in [0.4, 0.5) is 0 Å². The first-order valence-corrected chi connectivity index (χ1v) is 7.18. The summed E-state index contributed by atoms with van der Waals surface area (Å²) < 4.78 is 4.92. The molecule has 18 heavy (non-hydrogen) atoms. The van der Waals surface area contributed by atoms with Gasteiger partial charge in [-0.1, -0.05) is 6.92 Å². The number of nitrogens with one attached hydrogen (secondary N) is 1. The summed E-state index contributed by atoms with van der Waals surface area (Å²) in [4.78, 5) is 14.3. The second-order valence-electron chi connectivity index (χ2n) is 6.00. The maximum absolute atomic E-state index is 11.8. The lowest BCUT2D eigenvalue weighted by Crippen LogP contribution is -2.52. The van der Waals surface area contributed by atoms with Crippen molar-refractivity contribution in [1.82, 2.24) is 10.2 Å². The Bertz CT molecular complexity index is 292. The van der Waals surface area contributed by atoms with Crippen LogP contribution in [0.5, 0.6) is 0 Å². The molecule has 2 fully saturated rings. The van der Waals surface area contributed by atoms with Crippen LogP contribution in [0.25, 0.3) is 0 Å². The molecule has 4 nitrogen and oxygen atoms in total. The molecule has 0 radical (unpaired) electrons. The van der Waals surface area contributed by atoms with Gasteiger partial charge >= 0.3 is 5.97 Å². The van der Waals surface area contributed by atoms with Gasteiger partial charge in [-0.25, -0.2) is 0 Å². The number of piperidine rings is 1. The lowest BCUT2D eigenvalue weighted by atomic mass is 9.94.